The summed E-state index contributed by atoms with van der Waals surface area (Å²) in [5.41, 5.74) is 7.34. The van der Waals surface area contributed by atoms with Crippen LogP contribution in [0.4, 0.5) is 0 Å². The highest BCUT2D eigenvalue weighted by Crippen LogP contribution is 2.28. The van der Waals surface area contributed by atoms with Crippen molar-refractivity contribution in [3.63, 3.8) is 0 Å². The van der Waals surface area contributed by atoms with E-state index in [4.69, 9.17) is 17.3 Å². The molecule has 0 spiro atoms. The number of nitrogens with two attached hydrogens (primary N) is 1. The van der Waals surface area contributed by atoms with Crippen molar-refractivity contribution in [1.82, 2.24) is 0 Å². The Morgan fingerprint density at radius 2 is 2.14 bits per heavy atom. The van der Waals surface area contributed by atoms with Crippen LogP contribution in [0.15, 0.2) is 18.2 Å². The van der Waals surface area contributed by atoms with Gasteiger partial charge in [-0.2, -0.15) is 0 Å². The number of aryl methyl sites for hydroxylation is 1. The predicted molar refractivity (Wildman–Crippen MR) is 59.4 cm³/mol. The summed E-state index contributed by atoms with van der Waals surface area (Å²) in [5, 5.41) is 10.5. The molecule has 0 saturated carbocycles. The fourth-order valence-electron chi connectivity index (χ4n) is 1.31. The molecule has 0 aliphatic carbocycles. The fourth-order valence-corrected chi connectivity index (χ4v) is 1.65. The van der Waals surface area contributed by atoms with Gasteiger partial charge in [-0.05, 0) is 36.6 Å². The highest BCUT2D eigenvalue weighted by molar-refractivity contribution is 6.31. The van der Waals surface area contributed by atoms with Gasteiger partial charge in [-0.15, -0.1) is 0 Å². The van der Waals surface area contributed by atoms with Crippen LogP contribution < -0.4 is 5.73 Å². The Balaban J connectivity index is 2.95. The standard InChI is InChI=1S/C11H16ClNO/c1-7-3-4-9(10(12)5-7)11(14)8(2)6-13/h3-5,8,11,14H,6,13H2,1-2H3. The number of halogens is 1. The monoisotopic (exact) mass is 213 g/mol. The van der Waals surface area contributed by atoms with Crippen molar-refractivity contribution < 1.29 is 5.11 Å². The number of aliphatic hydroxyl groups is 1. The number of aliphatic hydroxyl groups excluding tert-OH is 1. The van der Waals surface area contributed by atoms with Gasteiger partial charge in [0, 0.05) is 5.02 Å². The van der Waals surface area contributed by atoms with E-state index in [9.17, 15) is 5.11 Å². The molecule has 0 amide bonds. The van der Waals surface area contributed by atoms with E-state index >= 15 is 0 Å². The van der Waals surface area contributed by atoms with E-state index < -0.39 is 6.10 Å². The third-order valence-corrected chi connectivity index (χ3v) is 2.71. The molecule has 0 aliphatic rings. The van der Waals surface area contributed by atoms with Gasteiger partial charge in [0.05, 0.1) is 6.10 Å². The summed E-state index contributed by atoms with van der Waals surface area (Å²) in [6.45, 7) is 4.32. The second-order valence-corrected chi connectivity index (χ2v) is 4.09. The van der Waals surface area contributed by atoms with E-state index in [0.717, 1.165) is 11.1 Å². The molecule has 0 bridgehead atoms. The molecule has 0 radical (unpaired) electrons. The maximum atomic E-state index is 9.90. The molecule has 1 aromatic rings. The smallest absolute Gasteiger partial charge is 0.0841 e. The number of hydrogen-bond donors (Lipinski definition) is 2. The number of rotatable bonds is 3. The average Bonchev–Trinajstić information content (AvgIpc) is 2.15. The molecule has 0 aromatic heterocycles. The van der Waals surface area contributed by atoms with E-state index in [0.29, 0.717) is 11.6 Å². The first-order chi connectivity index (χ1) is 6.56. The molecule has 2 unspecified atom stereocenters. The lowest BCUT2D eigenvalue weighted by Gasteiger charge is -2.18. The summed E-state index contributed by atoms with van der Waals surface area (Å²) < 4.78 is 0. The van der Waals surface area contributed by atoms with Crippen LogP contribution in [0.25, 0.3) is 0 Å². The van der Waals surface area contributed by atoms with Crippen LogP contribution in [0.5, 0.6) is 0 Å². The molecule has 14 heavy (non-hydrogen) atoms. The van der Waals surface area contributed by atoms with E-state index in [1.807, 2.05) is 32.0 Å². The molecule has 1 aromatic carbocycles. The van der Waals surface area contributed by atoms with Crippen LogP contribution in [0, 0.1) is 12.8 Å². The van der Waals surface area contributed by atoms with Crippen molar-refractivity contribution in [2.45, 2.75) is 20.0 Å². The highest BCUT2D eigenvalue weighted by Gasteiger charge is 2.17. The van der Waals surface area contributed by atoms with E-state index in [2.05, 4.69) is 0 Å². The van der Waals surface area contributed by atoms with Gasteiger partial charge >= 0.3 is 0 Å². The Morgan fingerprint density at radius 1 is 1.50 bits per heavy atom. The Hall–Kier alpha value is -0.570. The Bertz CT molecular complexity index is 314. The molecular weight excluding hydrogens is 198 g/mol. The van der Waals surface area contributed by atoms with Crippen molar-refractivity contribution in [1.29, 1.82) is 0 Å². The first-order valence-electron chi connectivity index (χ1n) is 4.70. The third-order valence-electron chi connectivity index (χ3n) is 2.39. The summed E-state index contributed by atoms with van der Waals surface area (Å²) in [4.78, 5) is 0. The van der Waals surface area contributed by atoms with Gasteiger partial charge in [-0.1, -0.05) is 30.7 Å². The van der Waals surface area contributed by atoms with Gasteiger partial charge in [0.25, 0.3) is 0 Å². The average molecular weight is 214 g/mol. The van der Waals surface area contributed by atoms with Gasteiger partial charge in [0.15, 0.2) is 0 Å². The summed E-state index contributed by atoms with van der Waals surface area (Å²) in [7, 11) is 0. The van der Waals surface area contributed by atoms with E-state index in [1.54, 1.807) is 0 Å². The van der Waals surface area contributed by atoms with Crippen LogP contribution >= 0.6 is 11.6 Å². The van der Waals surface area contributed by atoms with Gasteiger partial charge in [0.1, 0.15) is 0 Å². The summed E-state index contributed by atoms with van der Waals surface area (Å²) >= 11 is 6.02. The second kappa shape index (κ2) is 4.78. The molecule has 78 valence electrons. The zero-order valence-electron chi connectivity index (χ0n) is 8.50. The molecule has 3 N–H and O–H groups in total. The van der Waals surface area contributed by atoms with Gasteiger partial charge in [0.2, 0.25) is 0 Å². The largest absolute Gasteiger partial charge is 0.388 e. The van der Waals surface area contributed by atoms with Crippen molar-refractivity contribution in [2.75, 3.05) is 6.54 Å². The van der Waals surface area contributed by atoms with Crippen molar-refractivity contribution >= 4 is 11.6 Å². The molecule has 0 saturated heterocycles. The highest BCUT2D eigenvalue weighted by atomic mass is 35.5. The molecule has 1 rings (SSSR count). The number of benzene rings is 1. The minimum Gasteiger partial charge on any atom is -0.388 e. The molecule has 2 atom stereocenters. The Kier molecular flexibility index (Phi) is 3.93. The number of hydrogen-bond acceptors (Lipinski definition) is 2. The zero-order chi connectivity index (χ0) is 10.7. The second-order valence-electron chi connectivity index (χ2n) is 3.68. The minimum atomic E-state index is -0.576. The lowest BCUT2D eigenvalue weighted by molar-refractivity contribution is 0.122. The molecule has 0 aliphatic heterocycles. The van der Waals surface area contributed by atoms with Crippen LogP contribution in [0.1, 0.15) is 24.2 Å². The summed E-state index contributed by atoms with van der Waals surface area (Å²) in [6, 6.07) is 5.64. The van der Waals surface area contributed by atoms with Crippen LogP contribution in [0.3, 0.4) is 0 Å². The minimum absolute atomic E-state index is 0.0233. The predicted octanol–water partition coefficient (Wildman–Crippen LogP) is 2.28. The first-order valence-corrected chi connectivity index (χ1v) is 5.08. The Labute approximate surface area is 89.7 Å². The Morgan fingerprint density at radius 3 is 2.64 bits per heavy atom. The van der Waals surface area contributed by atoms with Crippen molar-refractivity contribution in [2.24, 2.45) is 11.7 Å². The lowest BCUT2D eigenvalue weighted by atomic mass is 9.97. The summed E-state index contributed by atoms with van der Waals surface area (Å²) in [5.74, 6) is 0.0233. The van der Waals surface area contributed by atoms with Crippen LogP contribution in [-0.2, 0) is 0 Å². The molecule has 2 nitrogen and oxygen atoms in total. The molecular formula is C11H16ClNO. The fraction of sp³-hybridized carbons (Fsp3) is 0.455. The van der Waals surface area contributed by atoms with Crippen molar-refractivity contribution in [3.05, 3.63) is 34.3 Å². The van der Waals surface area contributed by atoms with Gasteiger partial charge in [-0.25, -0.2) is 0 Å². The van der Waals surface area contributed by atoms with E-state index in [1.165, 1.54) is 0 Å². The SMILES string of the molecule is Cc1ccc(C(O)C(C)CN)c(Cl)c1. The van der Waals surface area contributed by atoms with Crippen LogP contribution in [-0.4, -0.2) is 11.7 Å². The van der Waals surface area contributed by atoms with Crippen molar-refractivity contribution in [3.8, 4) is 0 Å². The zero-order valence-corrected chi connectivity index (χ0v) is 9.25. The van der Waals surface area contributed by atoms with Gasteiger partial charge in [-0.3, -0.25) is 0 Å². The van der Waals surface area contributed by atoms with Gasteiger partial charge < -0.3 is 10.8 Å². The third kappa shape index (κ3) is 2.47. The quantitative estimate of drug-likeness (QED) is 0.809. The maximum absolute atomic E-state index is 9.90. The maximum Gasteiger partial charge on any atom is 0.0841 e. The van der Waals surface area contributed by atoms with Crippen LogP contribution in [0.2, 0.25) is 5.02 Å². The first kappa shape index (κ1) is 11.5. The topological polar surface area (TPSA) is 46.2 Å². The molecule has 0 heterocycles. The molecule has 0 fully saturated rings. The lowest BCUT2D eigenvalue weighted by Crippen LogP contribution is -2.19. The summed E-state index contributed by atoms with van der Waals surface area (Å²) in [6.07, 6.45) is -0.576. The normalized spacial score (nSPS) is 15.2. The van der Waals surface area contributed by atoms with E-state index in [-0.39, 0.29) is 5.92 Å². The molecule has 3 heteroatoms.